The molecule has 3 aromatic rings. The summed E-state index contributed by atoms with van der Waals surface area (Å²) in [5.41, 5.74) is 2.03. The summed E-state index contributed by atoms with van der Waals surface area (Å²) in [6.07, 6.45) is 1.36. The van der Waals surface area contributed by atoms with Crippen LogP contribution in [-0.4, -0.2) is 34.8 Å². The molecule has 1 aromatic carbocycles. The van der Waals surface area contributed by atoms with Gasteiger partial charge in [-0.25, -0.2) is 4.98 Å². The van der Waals surface area contributed by atoms with E-state index in [-0.39, 0.29) is 17.7 Å². The quantitative estimate of drug-likeness (QED) is 0.679. The Balaban J connectivity index is 1.36. The van der Waals surface area contributed by atoms with Gasteiger partial charge in [-0.3, -0.25) is 9.59 Å². The van der Waals surface area contributed by atoms with E-state index in [0.717, 1.165) is 21.0 Å². The van der Waals surface area contributed by atoms with E-state index >= 15 is 0 Å². The summed E-state index contributed by atoms with van der Waals surface area (Å²) >= 11 is 2.96. The fourth-order valence-corrected chi connectivity index (χ4v) is 5.08. The van der Waals surface area contributed by atoms with Crippen molar-refractivity contribution in [1.82, 2.24) is 9.88 Å². The van der Waals surface area contributed by atoms with Crippen molar-refractivity contribution in [2.24, 2.45) is 5.92 Å². The van der Waals surface area contributed by atoms with E-state index in [1.165, 1.54) is 22.7 Å². The van der Waals surface area contributed by atoms with Crippen molar-refractivity contribution < 1.29 is 9.59 Å². The number of likely N-dealkylation sites (tertiary alicyclic amines) is 1. The Bertz CT molecular complexity index is 959. The van der Waals surface area contributed by atoms with Crippen LogP contribution >= 0.6 is 22.7 Å². The highest BCUT2D eigenvalue weighted by atomic mass is 32.1. The molecule has 1 aliphatic rings. The van der Waals surface area contributed by atoms with Gasteiger partial charge in [0.25, 0.3) is 5.91 Å². The average Bonchev–Trinajstić information content (AvgIpc) is 3.38. The van der Waals surface area contributed by atoms with E-state index < -0.39 is 0 Å². The number of amides is 2. The van der Waals surface area contributed by atoms with Crippen molar-refractivity contribution in [3.63, 3.8) is 0 Å². The number of hydrogen-bond donors (Lipinski definition) is 1. The van der Waals surface area contributed by atoms with Crippen molar-refractivity contribution in [2.45, 2.75) is 19.8 Å². The fourth-order valence-electron chi connectivity index (χ4n) is 3.42. The highest BCUT2D eigenvalue weighted by molar-refractivity contribution is 7.19. The molecule has 1 aliphatic heterocycles. The van der Waals surface area contributed by atoms with E-state index in [9.17, 15) is 9.59 Å². The van der Waals surface area contributed by atoms with Crippen molar-refractivity contribution in [1.29, 1.82) is 0 Å². The maximum Gasteiger partial charge on any atom is 0.263 e. The average molecular weight is 412 g/mol. The summed E-state index contributed by atoms with van der Waals surface area (Å²) in [5.74, 6) is -0.0229. The molecule has 1 saturated heterocycles. The molecular weight excluding hydrogens is 390 g/mol. The van der Waals surface area contributed by atoms with Crippen LogP contribution in [0, 0.1) is 12.8 Å². The van der Waals surface area contributed by atoms with E-state index in [1.807, 2.05) is 59.7 Å². The monoisotopic (exact) mass is 411 g/mol. The minimum Gasteiger partial charge on any atom is -0.338 e. The number of carbonyl (C=O) groups is 2. The van der Waals surface area contributed by atoms with Crippen LogP contribution in [0.4, 0.5) is 5.13 Å². The Morgan fingerprint density at radius 1 is 1.11 bits per heavy atom. The van der Waals surface area contributed by atoms with Crippen LogP contribution in [0.15, 0.2) is 47.8 Å². The van der Waals surface area contributed by atoms with Crippen LogP contribution in [0.5, 0.6) is 0 Å². The summed E-state index contributed by atoms with van der Waals surface area (Å²) in [4.78, 5) is 33.3. The molecule has 0 saturated carbocycles. The maximum absolute atomic E-state index is 12.7. The van der Waals surface area contributed by atoms with Gasteiger partial charge in [0.2, 0.25) is 5.91 Å². The number of anilines is 1. The number of thiazole rings is 1. The van der Waals surface area contributed by atoms with Crippen molar-refractivity contribution in [3.05, 3.63) is 58.4 Å². The molecule has 0 radical (unpaired) electrons. The van der Waals surface area contributed by atoms with Crippen LogP contribution in [0.3, 0.4) is 0 Å². The van der Waals surface area contributed by atoms with Crippen LogP contribution in [0.25, 0.3) is 10.4 Å². The number of piperidine rings is 1. The zero-order valence-corrected chi connectivity index (χ0v) is 17.2. The summed E-state index contributed by atoms with van der Waals surface area (Å²) < 4.78 is 0. The molecular formula is C21H21N3O2S2. The number of aromatic nitrogens is 1. The van der Waals surface area contributed by atoms with Gasteiger partial charge in [0.05, 0.1) is 15.4 Å². The van der Waals surface area contributed by atoms with E-state index in [4.69, 9.17) is 0 Å². The first-order chi connectivity index (χ1) is 13.6. The summed E-state index contributed by atoms with van der Waals surface area (Å²) in [5, 5.41) is 5.53. The Kier molecular flexibility index (Phi) is 5.54. The third-order valence-electron chi connectivity index (χ3n) is 4.95. The number of rotatable bonds is 4. The topological polar surface area (TPSA) is 62.3 Å². The molecule has 1 N–H and O–H groups in total. The zero-order valence-electron chi connectivity index (χ0n) is 15.6. The summed E-state index contributed by atoms with van der Waals surface area (Å²) in [7, 11) is 0. The first-order valence-electron chi connectivity index (χ1n) is 9.28. The second-order valence-electron chi connectivity index (χ2n) is 6.83. The number of nitrogens with one attached hydrogen (secondary N) is 1. The van der Waals surface area contributed by atoms with Gasteiger partial charge in [-0.05, 0) is 36.8 Å². The highest BCUT2D eigenvalue weighted by Crippen LogP contribution is 2.33. The predicted octanol–water partition coefficient (Wildman–Crippen LogP) is 4.67. The molecule has 7 heteroatoms. The van der Waals surface area contributed by atoms with Crippen LogP contribution in [-0.2, 0) is 4.79 Å². The molecule has 2 aromatic heterocycles. The zero-order chi connectivity index (χ0) is 19.5. The van der Waals surface area contributed by atoms with E-state index in [2.05, 4.69) is 10.3 Å². The number of aryl methyl sites for hydroxylation is 1. The van der Waals surface area contributed by atoms with Gasteiger partial charge >= 0.3 is 0 Å². The van der Waals surface area contributed by atoms with Gasteiger partial charge in [-0.1, -0.05) is 47.7 Å². The van der Waals surface area contributed by atoms with E-state index in [1.54, 1.807) is 0 Å². The lowest BCUT2D eigenvalue weighted by atomic mass is 9.96. The lowest BCUT2D eigenvalue weighted by molar-refractivity contribution is -0.121. The normalized spacial score (nSPS) is 14.8. The second kappa shape index (κ2) is 8.24. The predicted molar refractivity (Wildman–Crippen MR) is 114 cm³/mol. The third-order valence-corrected chi connectivity index (χ3v) is 6.93. The number of benzene rings is 1. The molecule has 4 rings (SSSR count). The number of carbonyl (C=O) groups excluding carboxylic acids is 2. The van der Waals surface area contributed by atoms with Gasteiger partial charge in [-0.2, -0.15) is 0 Å². The molecule has 0 atom stereocenters. The van der Waals surface area contributed by atoms with Gasteiger partial charge in [0.1, 0.15) is 0 Å². The molecule has 3 heterocycles. The molecule has 0 unspecified atom stereocenters. The van der Waals surface area contributed by atoms with Crippen molar-refractivity contribution in [3.8, 4) is 10.4 Å². The Morgan fingerprint density at radius 3 is 2.54 bits per heavy atom. The Labute approximate surface area is 172 Å². The molecule has 144 valence electrons. The second-order valence-corrected chi connectivity index (χ2v) is 8.78. The molecule has 5 nitrogen and oxygen atoms in total. The fraction of sp³-hybridized carbons (Fsp3) is 0.286. The number of thiophene rings is 1. The maximum atomic E-state index is 12.7. The lowest BCUT2D eigenvalue weighted by Crippen LogP contribution is -2.41. The van der Waals surface area contributed by atoms with E-state index in [0.29, 0.717) is 31.1 Å². The standard InChI is InChI=1S/C21H21N3O2S2/c1-14-18(15-6-3-2-4-7-15)28-21(22-14)23-19(25)16-9-11-24(12-10-16)20(26)17-8-5-13-27-17/h2-8,13,16H,9-12H2,1H3,(H,22,23,25). The van der Waals surface area contributed by atoms with Crippen LogP contribution in [0.2, 0.25) is 0 Å². The minimum atomic E-state index is -0.0863. The number of hydrogen-bond acceptors (Lipinski definition) is 5. The number of nitrogens with zero attached hydrogens (tertiary/aromatic N) is 2. The highest BCUT2D eigenvalue weighted by Gasteiger charge is 2.28. The molecule has 0 bridgehead atoms. The summed E-state index contributed by atoms with van der Waals surface area (Å²) in [6.45, 7) is 3.19. The molecule has 0 aliphatic carbocycles. The first kappa shape index (κ1) is 18.8. The Morgan fingerprint density at radius 2 is 1.86 bits per heavy atom. The molecule has 1 fully saturated rings. The largest absolute Gasteiger partial charge is 0.338 e. The van der Waals surface area contributed by atoms with Crippen LogP contribution in [0.1, 0.15) is 28.2 Å². The smallest absolute Gasteiger partial charge is 0.263 e. The Hall–Kier alpha value is -2.51. The summed E-state index contributed by atoms with van der Waals surface area (Å²) in [6, 6.07) is 13.8. The third kappa shape index (κ3) is 4.00. The first-order valence-corrected chi connectivity index (χ1v) is 11.0. The van der Waals surface area contributed by atoms with Crippen LogP contribution < -0.4 is 5.32 Å². The van der Waals surface area contributed by atoms with Gasteiger partial charge in [0.15, 0.2) is 5.13 Å². The molecule has 0 spiro atoms. The lowest BCUT2D eigenvalue weighted by Gasteiger charge is -2.30. The SMILES string of the molecule is Cc1nc(NC(=O)C2CCN(C(=O)c3cccs3)CC2)sc1-c1ccccc1. The van der Waals surface area contributed by atoms with Gasteiger partial charge < -0.3 is 10.2 Å². The van der Waals surface area contributed by atoms with Crippen molar-refractivity contribution in [2.75, 3.05) is 18.4 Å². The molecule has 28 heavy (non-hydrogen) atoms. The van der Waals surface area contributed by atoms with Crippen molar-refractivity contribution >= 4 is 39.6 Å². The molecule has 2 amide bonds. The minimum absolute atomic E-state index is 0.00316. The van der Waals surface area contributed by atoms with Gasteiger partial charge in [-0.15, -0.1) is 11.3 Å². The van der Waals surface area contributed by atoms with Gasteiger partial charge in [0, 0.05) is 19.0 Å².